The van der Waals surface area contributed by atoms with Crippen LogP contribution < -0.4 is 4.74 Å². The minimum Gasteiger partial charge on any atom is -0.497 e. The van der Waals surface area contributed by atoms with E-state index in [0.717, 1.165) is 46.2 Å². The molecular formula is C14H15NO2S. The van der Waals surface area contributed by atoms with Gasteiger partial charge in [-0.15, -0.1) is 11.3 Å². The maximum Gasteiger partial charge on any atom is 0.124 e. The molecular weight excluding hydrogens is 246 g/mol. The molecule has 0 amide bonds. The molecule has 1 N–H and O–H groups in total. The average molecular weight is 261 g/mol. The van der Waals surface area contributed by atoms with Crippen molar-refractivity contribution in [3.8, 4) is 16.3 Å². The number of thiazole rings is 1. The number of ether oxygens (including phenoxy) is 1. The Morgan fingerprint density at radius 2 is 2.33 bits per heavy atom. The maximum atomic E-state index is 9.97. The molecule has 18 heavy (non-hydrogen) atoms. The number of methoxy groups -OCH3 is 1. The van der Waals surface area contributed by atoms with Gasteiger partial charge in [0.05, 0.1) is 23.8 Å². The highest BCUT2D eigenvalue weighted by Crippen LogP contribution is 2.38. The second kappa shape index (κ2) is 4.71. The SMILES string of the molecule is COc1cccc(-c2nc3c(s2)C(O)CCC3)c1. The summed E-state index contributed by atoms with van der Waals surface area (Å²) in [6, 6.07) is 7.90. The van der Waals surface area contributed by atoms with Crippen molar-refractivity contribution in [1.82, 2.24) is 4.98 Å². The van der Waals surface area contributed by atoms with Crippen molar-refractivity contribution >= 4 is 11.3 Å². The molecule has 1 aliphatic carbocycles. The molecule has 0 aliphatic heterocycles. The standard InChI is InChI=1S/C14H15NO2S/c1-17-10-5-2-4-9(8-10)14-15-11-6-3-7-12(16)13(11)18-14/h2,4-5,8,12,16H,3,6-7H2,1H3. The molecule has 94 valence electrons. The molecule has 0 radical (unpaired) electrons. The summed E-state index contributed by atoms with van der Waals surface area (Å²) in [6.07, 6.45) is 2.53. The summed E-state index contributed by atoms with van der Waals surface area (Å²) >= 11 is 1.60. The average Bonchev–Trinajstić information content (AvgIpc) is 2.84. The lowest BCUT2D eigenvalue weighted by Gasteiger charge is -2.14. The molecule has 2 aromatic rings. The van der Waals surface area contributed by atoms with E-state index in [-0.39, 0.29) is 6.10 Å². The minimum atomic E-state index is -0.328. The van der Waals surface area contributed by atoms with Gasteiger partial charge in [-0.25, -0.2) is 4.98 Å². The molecule has 0 spiro atoms. The van der Waals surface area contributed by atoms with E-state index in [1.807, 2.05) is 24.3 Å². The Morgan fingerprint density at radius 3 is 3.11 bits per heavy atom. The van der Waals surface area contributed by atoms with Gasteiger partial charge in [0, 0.05) is 5.56 Å². The lowest BCUT2D eigenvalue weighted by atomic mass is 10.0. The molecule has 4 heteroatoms. The Bertz CT molecular complexity index is 565. The Labute approximate surface area is 110 Å². The highest BCUT2D eigenvalue weighted by atomic mass is 32.1. The van der Waals surface area contributed by atoms with Crippen molar-refractivity contribution in [2.45, 2.75) is 25.4 Å². The number of hydrogen-bond acceptors (Lipinski definition) is 4. The topological polar surface area (TPSA) is 42.4 Å². The number of hydrogen-bond donors (Lipinski definition) is 1. The summed E-state index contributed by atoms with van der Waals surface area (Å²) in [4.78, 5) is 5.69. The monoisotopic (exact) mass is 261 g/mol. The van der Waals surface area contributed by atoms with Crippen LogP contribution in [0.4, 0.5) is 0 Å². The summed E-state index contributed by atoms with van der Waals surface area (Å²) in [5.41, 5.74) is 2.12. The zero-order valence-electron chi connectivity index (χ0n) is 10.2. The number of rotatable bonds is 2. The van der Waals surface area contributed by atoms with E-state index in [1.165, 1.54) is 0 Å². The van der Waals surface area contributed by atoms with Crippen LogP contribution >= 0.6 is 11.3 Å². The Balaban J connectivity index is 2.01. The highest BCUT2D eigenvalue weighted by Gasteiger charge is 2.23. The first-order valence-electron chi connectivity index (χ1n) is 6.10. The molecule has 0 fully saturated rings. The number of aliphatic hydroxyl groups is 1. The molecule has 1 atom stereocenters. The summed E-state index contributed by atoms with van der Waals surface area (Å²) < 4.78 is 5.23. The van der Waals surface area contributed by atoms with E-state index in [1.54, 1.807) is 18.4 Å². The van der Waals surface area contributed by atoms with E-state index < -0.39 is 0 Å². The molecule has 1 aromatic carbocycles. The second-order valence-electron chi connectivity index (χ2n) is 4.47. The van der Waals surface area contributed by atoms with Crippen molar-refractivity contribution in [2.24, 2.45) is 0 Å². The van der Waals surface area contributed by atoms with E-state index in [9.17, 15) is 5.11 Å². The maximum absolute atomic E-state index is 9.97. The first-order valence-corrected chi connectivity index (χ1v) is 6.91. The van der Waals surface area contributed by atoms with E-state index in [2.05, 4.69) is 4.98 Å². The van der Waals surface area contributed by atoms with Crippen LogP contribution in [0, 0.1) is 0 Å². The molecule has 0 saturated carbocycles. The van der Waals surface area contributed by atoms with Gasteiger partial charge >= 0.3 is 0 Å². The van der Waals surface area contributed by atoms with Gasteiger partial charge in [-0.3, -0.25) is 0 Å². The molecule has 1 heterocycles. The molecule has 3 rings (SSSR count). The number of aryl methyl sites for hydroxylation is 1. The fourth-order valence-corrected chi connectivity index (χ4v) is 3.40. The Morgan fingerprint density at radius 1 is 1.44 bits per heavy atom. The predicted molar refractivity (Wildman–Crippen MR) is 72.0 cm³/mol. The van der Waals surface area contributed by atoms with E-state index >= 15 is 0 Å². The number of aliphatic hydroxyl groups excluding tert-OH is 1. The van der Waals surface area contributed by atoms with Gasteiger partial charge in [0.25, 0.3) is 0 Å². The lowest BCUT2D eigenvalue weighted by Crippen LogP contribution is -2.06. The zero-order chi connectivity index (χ0) is 12.5. The summed E-state index contributed by atoms with van der Waals surface area (Å²) in [5.74, 6) is 0.834. The Hall–Kier alpha value is -1.39. The van der Waals surface area contributed by atoms with Gasteiger partial charge in [-0.05, 0) is 31.4 Å². The first-order chi connectivity index (χ1) is 8.78. The van der Waals surface area contributed by atoms with Crippen LogP contribution in [-0.2, 0) is 6.42 Å². The van der Waals surface area contributed by atoms with Crippen LogP contribution in [0.1, 0.15) is 29.5 Å². The largest absolute Gasteiger partial charge is 0.497 e. The number of aromatic nitrogens is 1. The van der Waals surface area contributed by atoms with Crippen molar-refractivity contribution < 1.29 is 9.84 Å². The third kappa shape index (κ3) is 2.02. The predicted octanol–water partition coefficient (Wildman–Crippen LogP) is 3.19. The fourth-order valence-electron chi connectivity index (χ4n) is 2.28. The summed E-state index contributed by atoms with van der Waals surface area (Å²) in [6.45, 7) is 0. The van der Waals surface area contributed by atoms with Crippen molar-refractivity contribution in [2.75, 3.05) is 7.11 Å². The fraction of sp³-hybridized carbons (Fsp3) is 0.357. The lowest BCUT2D eigenvalue weighted by molar-refractivity contribution is 0.160. The quantitative estimate of drug-likeness (QED) is 0.902. The number of benzene rings is 1. The summed E-state index contributed by atoms with van der Waals surface area (Å²) in [7, 11) is 1.66. The van der Waals surface area contributed by atoms with Crippen LogP contribution in [-0.4, -0.2) is 17.2 Å². The molecule has 1 aliphatic rings. The van der Waals surface area contributed by atoms with Gasteiger partial charge < -0.3 is 9.84 Å². The minimum absolute atomic E-state index is 0.328. The zero-order valence-corrected chi connectivity index (χ0v) is 11.0. The van der Waals surface area contributed by atoms with Crippen LogP contribution in [0.15, 0.2) is 24.3 Å². The molecule has 1 unspecified atom stereocenters. The van der Waals surface area contributed by atoms with Crippen molar-refractivity contribution in [3.63, 3.8) is 0 Å². The number of fused-ring (bicyclic) bond motifs is 1. The van der Waals surface area contributed by atoms with Crippen molar-refractivity contribution in [1.29, 1.82) is 0 Å². The van der Waals surface area contributed by atoms with Gasteiger partial charge in [-0.1, -0.05) is 12.1 Å². The Kier molecular flexibility index (Phi) is 3.06. The van der Waals surface area contributed by atoms with Crippen LogP contribution in [0.3, 0.4) is 0 Å². The summed E-state index contributed by atoms with van der Waals surface area (Å²) in [5, 5.41) is 10.9. The van der Waals surface area contributed by atoms with Gasteiger partial charge in [0.1, 0.15) is 10.8 Å². The molecule has 3 nitrogen and oxygen atoms in total. The van der Waals surface area contributed by atoms with E-state index in [0.29, 0.717) is 0 Å². The number of nitrogens with zero attached hydrogens (tertiary/aromatic N) is 1. The van der Waals surface area contributed by atoms with Gasteiger partial charge in [0.15, 0.2) is 0 Å². The van der Waals surface area contributed by atoms with Crippen molar-refractivity contribution in [3.05, 3.63) is 34.8 Å². The molecule has 0 saturated heterocycles. The van der Waals surface area contributed by atoms with Crippen LogP contribution in [0.2, 0.25) is 0 Å². The third-order valence-electron chi connectivity index (χ3n) is 3.24. The third-order valence-corrected chi connectivity index (χ3v) is 4.49. The van der Waals surface area contributed by atoms with Gasteiger partial charge in [-0.2, -0.15) is 0 Å². The van der Waals surface area contributed by atoms with Gasteiger partial charge in [0.2, 0.25) is 0 Å². The second-order valence-corrected chi connectivity index (χ2v) is 5.50. The van der Waals surface area contributed by atoms with Crippen LogP contribution in [0.5, 0.6) is 5.75 Å². The first kappa shape index (κ1) is 11.7. The van der Waals surface area contributed by atoms with E-state index in [4.69, 9.17) is 4.74 Å². The normalized spacial score (nSPS) is 18.4. The highest BCUT2D eigenvalue weighted by molar-refractivity contribution is 7.15. The smallest absolute Gasteiger partial charge is 0.124 e. The molecule has 0 bridgehead atoms. The molecule has 1 aromatic heterocycles. The van der Waals surface area contributed by atoms with Crippen LogP contribution in [0.25, 0.3) is 10.6 Å².